The highest BCUT2D eigenvalue weighted by atomic mass is 31.2. The maximum atomic E-state index is 14.5. The molecular formula is C27H42N7O4P. The van der Waals surface area contributed by atoms with E-state index in [2.05, 4.69) is 46.0 Å². The number of aromatic nitrogens is 4. The first-order valence-corrected chi connectivity index (χ1v) is 15.1. The largest absolute Gasteiger partial charge is 0.464 e. The van der Waals surface area contributed by atoms with Crippen molar-refractivity contribution < 1.29 is 18.8 Å². The van der Waals surface area contributed by atoms with E-state index in [1.165, 1.54) is 11.9 Å². The average Bonchev–Trinajstić information content (AvgIpc) is 3.30. The number of esters is 1. The highest BCUT2D eigenvalue weighted by Crippen LogP contribution is 2.47. The Morgan fingerprint density at radius 1 is 1.18 bits per heavy atom. The van der Waals surface area contributed by atoms with Gasteiger partial charge in [0.2, 0.25) is 7.44 Å². The van der Waals surface area contributed by atoms with Crippen LogP contribution < -0.4 is 10.8 Å². The van der Waals surface area contributed by atoms with E-state index in [9.17, 15) is 9.36 Å². The Morgan fingerprint density at radius 2 is 1.87 bits per heavy atom. The molecule has 1 aromatic carbocycles. The zero-order chi connectivity index (χ0) is 28.8. The third kappa shape index (κ3) is 7.85. The number of nitrogen functional groups attached to an aromatic ring is 1. The smallest absolute Gasteiger partial charge is 0.326 e. The summed E-state index contributed by atoms with van der Waals surface area (Å²) in [5.74, 6) is 0.264. The van der Waals surface area contributed by atoms with Crippen LogP contribution in [0.25, 0.3) is 11.2 Å². The lowest BCUT2D eigenvalue weighted by Crippen LogP contribution is -2.48. The first kappa shape index (κ1) is 30.7. The number of hydrogen-bond acceptors (Lipinski definition) is 8. The fraction of sp³-hybridized carbons (Fsp3) is 0.556. The third-order valence-corrected chi connectivity index (χ3v) is 9.08. The molecule has 39 heavy (non-hydrogen) atoms. The molecule has 3 aromatic rings. The van der Waals surface area contributed by atoms with Crippen LogP contribution in [0.5, 0.6) is 0 Å². The second-order valence-electron chi connectivity index (χ2n) is 10.7. The first-order valence-electron chi connectivity index (χ1n) is 13.3. The molecule has 0 aliphatic rings. The van der Waals surface area contributed by atoms with Crippen LogP contribution >= 0.6 is 7.44 Å². The number of rotatable bonds is 14. The summed E-state index contributed by atoms with van der Waals surface area (Å²) in [6.07, 6.45) is 3.26. The molecule has 3 N–H and O–H groups in total. The van der Waals surface area contributed by atoms with Gasteiger partial charge in [-0.15, -0.1) is 0 Å². The molecule has 0 aliphatic heterocycles. The van der Waals surface area contributed by atoms with Gasteiger partial charge in [-0.05, 0) is 51.3 Å². The molecule has 0 radical (unpaired) electrons. The molecule has 0 amide bonds. The minimum atomic E-state index is -3.42. The van der Waals surface area contributed by atoms with Gasteiger partial charge in [-0.1, -0.05) is 45.0 Å². The van der Waals surface area contributed by atoms with Gasteiger partial charge < -0.3 is 19.8 Å². The van der Waals surface area contributed by atoms with Gasteiger partial charge in [0.15, 0.2) is 11.5 Å². The van der Waals surface area contributed by atoms with E-state index < -0.39 is 19.0 Å². The van der Waals surface area contributed by atoms with Crippen LogP contribution in [0.15, 0.2) is 36.9 Å². The van der Waals surface area contributed by atoms with Crippen LogP contribution in [0.3, 0.4) is 0 Å². The molecule has 11 nitrogen and oxygen atoms in total. The van der Waals surface area contributed by atoms with Crippen LogP contribution in [-0.4, -0.2) is 61.8 Å². The molecule has 0 unspecified atom stereocenters. The van der Waals surface area contributed by atoms with Crippen LogP contribution in [0.2, 0.25) is 0 Å². The number of nitrogens with zero attached hydrogens (tertiary/aromatic N) is 5. The summed E-state index contributed by atoms with van der Waals surface area (Å²) in [5.41, 5.74) is 8.07. The number of nitrogens with one attached hydrogen (secondary N) is 1. The number of ether oxygens (including phenoxy) is 2. The van der Waals surface area contributed by atoms with Crippen molar-refractivity contribution in [3.05, 3.63) is 48.0 Å². The minimum Gasteiger partial charge on any atom is -0.464 e. The molecule has 2 atom stereocenters. The Bertz CT molecular complexity index is 1290. The van der Waals surface area contributed by atoms with E-state index in [1.54, 1.807) is 31.9 Å². The highest BCUT2D eigenvalue weighted by molar-refractivity contribution is 7.59. The van der Waals surface area contributed by atoms with Gasteiger partial charge in [0.05, 0.1) is 25.6 Å². The van der Waals surface area contributed by atoms with Crippen molar-refractivity contribution in [3.63, 3.8) is 0 Å². The maximum absolute atomic E-state index is 14.5. The number of imidazole rings is 1. The molecule has 214 valence electrons. The quantitative estimate of drug-likeness (QED) is 0.214. The van der Waals surface area contributed by atoms with E-state index in [-0.39, 0.29) is 12.5 Å². The SMILES string of the molecule is CCCOC(=O)C(C)(C)N[P@](=O)(CO[C@H](C)Cn1cnc2c(N)ncnc21)N(C)Cc1ccc(C(C)C)cc1. The summed E-state index contributed by atoms with van der Waals surface area (Å²) in [6.45, 7) is 12.6. The zero-order valence-corrected chi connectivity index (χ0v) is 24.9. The Kier molecular flexibility index (Phi) is 10.2. The molecule has 2 aromatic heterocycles. The van der Waals surface area contributed by atoms with Crippen molar-refractivity contribution in [1.29, 1.82) is 0 Å². The number of benzene rings is 1. The second-order valence-corrected chi connectivity index (χ2v) is 13.3. The normalized spacial score (nSPS) is 14.6. The van der Waals surface area contributed by atoms with Gasteiger partial charge in [0.1, 0.15) is 23.7 Å². The van der Waals surface area contributed by atoms with Gasteiger partial charge in [0.25, 0.3) is 0 Å². The van der Waals surface area contributed by atoms with Gasteiger partial charge in [0, 0.05) is 6.54 Å². The van der Waals surface area contributed by atoms with Crippen LogP contribution in [-0.2, 0) is 31.9 Å². The lowest BCUT2D eigenvalue weighted by atomic mass is 10.0. The molecule has 0 saturated carbocycles. The van der Waals surface area contributed by atoms with Crippen molar-refractivity contribution in [1.82, 2.24) is 29.3 Å². The van der Waals surface area contributed by atoms with Crippen molar-refractivity contribution >= 4 is 30.4 Å². The van der Waals surface area contributed by atoms with E-state index in [4.69, 9.17) is 15.2 Å². The fourth-order valence-corrected chi connectivity index (χ4v) is 6.30. The first-order chi connectivity index (χ1) is 18.4. The Labute approximate surface area is 231 Å². The standard InChI is InChI=1S/C27H42N7O4P/c1-8-13-37-26(35)27(5,6)32-39(36,33(7)15-21-9-11-22(12-10-21)19(2)3)18-38-20(4)14-34-17-31-23-24(28)29-16-30-25(23)34/h9-12,16-17,19-20H,8,13-15,18H2,1-7H3,(H,32,36)(H2,28,29,30)/t20-,39-/m1/s1. The van der Waals surface area contributed by atoms with Gasteiger partial charge >= 0.3 is 5.97 Å². The molecule has 0 fully saturated rings. The molecule has 3 rings (SSSR count). The van der Waals surface area contributed by atoms with E-state index >= 15 is 0 Å². The third-order valence-electron chi connectivity index (χ3n) is 6.43. The fourth-order valence-electron chi connectivity index (χ4n) is 4.05. The number of carbonyl (C=O) groups excluding carboxylic acids is 1. The highest BCUT2D eigenvalue weighted by Gasteiger charge is 2.40. The number of fused-ring (bicyclic) bond motifs is 1. The van der Waals surface area contributed by atoms with E-state index in [0.717, 1.165) is 5.56 Å². The van der Waals surface area contributed by atoms with E-state index in [0.29, 0.717) is 49.0 Å². The lowest BCUT2D eigenvalue weighted by molar-refractivity contribution is -0.149. The summed E-state index contributed by atoms with van der Waals surface area (Å²) in [6, 6.07) is 8.25. The monoisotopic (exact) mass is 559 g/mol. The number of anilines is 1. The number of carbonyl (C=O) groups is 1. The molecule has 0 spiro atoms. The van der Waals surface area contributed by atoms with Crippen LogP contribution in [0.1, 0.15) is 65.0 Å². The van der Waals surface area contributed by atoms with Gasteiger partial charge in [-0.3, -0.25) is 9.36 Å². The molecule has 2 heterocycles. The predicted molar refractivity (Wildman–Crippen MR) is 153 cm³/mol. The Hall–Kier alpha value is -2.85. The predicted octanol–water partition coefficient (Wildman–Crippen LogP) is 4.54. The minimum absolute atomic E-state index is 0.122. The summed E-state index contributed by atoms with van der Waals surface area (Å²) in [7, 11) is -1.65. The van der Waals surface area contributed by atoms with Crippen molar-refractivity contribution in [2.75, 3.05) is 25.7 Å². The van der Waals surface area contributed by atoms with Crippen LogP contribution in [0.4, 0.5) is 5.82 Å². The molecule has 0 saturated heterocycles. The van der Waals surface area contributed by atoms with Crippen molar-refractivity contribution in [2.45, 2.75) is 78.6 Å². The molecule has 0 bridgehead atoms. The summed E-state index contributed by atoms with van der Waals surface area (Å²) < 4.78 is 29.5. The average molecular weight is 560 g/mol. The van der Waals surface area contributed by atoms with Crippen molar-refractivity contribution in [2.24, 2.45) is 0 Å². The number of hydrogen-bond donors (Lipinski definition) is 2. The Morgan fingerprint density at radius 3 is 2.51 bits per heavy atom. The van der Waals surface area contributed by atoms with E-state index in [1.807, 2.05) is 30.5 Å². The second kappa shape index (κ2) is 13.0. The molecule has 12 heteroatoms. The van der Waals surface area contributed by atoms with Gasteiger partial charge in [-0.2, -0.15) is 0 Å². The van der Waals surface area contributed by atoms with Crippen molar-refractivity contribution in [3.8, 4) is 0 Å². The van der Waals surface area contributed by atoms with Gasteiger partial charge in [-0.25, -0.2) is 24.7 Å². The number of nitrogens with two attached hydrogens (primary N) is 1. The summed E-state index contributed by atoms with van der Waals surface area (Å²) in [4.78, 5) is 25.3. The topological polar surface area (TPSA) is 137 Å². The molecular weight excluding hydrogens is 517 g/mol. The lowest BCUT2D eigenvalue weighted by Gasteiger charge is -2.35. The van der Waals surface area contributed by atoms with Crippen LogP contribution in [0, 0.1) is 0 Å². The summed E-state index contributed by atoms with van der Waals surface area (Å²) in [5, 5.41) is 3.11. The molecule has 0 aliphatic carbocycles. The zero-order valence-electron chi connectivity index (χ0n) is 24.0. The Balaban J connectivity index is 1.78. The summed E-state index contributed by atoms with van der Waals surface area (Å²) >= 11 is 0. The maximum Gasteiger partial charge on any atom is 0.326 e.